The molecule has 0 spiro atoms. The van der Waals surface area contributed by atoms with Gasteiger partial charge in [-0.25, -0.2) is 13.1 Å². The predicted molar refractivity (Wildman–Crippen MR) is 86.6 cm³/mol. The number of hydrogen-bond acceptors (Lipinski definition) is 5. The molecule has 1 unspecified atom stereocenters. The topological polar surface area (TPSA) is 89.9 Å². The smallest absolute Gasteiger partial charge is 0.241 e. The first-order valence-electron chi connectivity index (χ1n) is 6.84. The highest BCUT2D eigenvalue weighted by molar-refractivity contribution is 7.89. The Morgan fingerprint density at radius 2 is 1.77 bits per heavy atom. The number of rotatable bonds is 6. The molecule has 22 heavy (non-hydrogen) atoms. The minimum absolute atomic E-state index is 0.152. The fraction of sp³-hybridized carbons (Fsp3) is 0.333. The summed E-state index contributed by atoms with van der Waals surface area (Å²) in [5, 5.41) is 19.5. The Balaban J connectivity index is 2.50. The van der Waals surface area contributed by atoms with Crippen LogP contribution in [0.1, 0.15) is 0 Å². The second kappa shape index (κ2) is 6.62. The first-order valence-corrected chi connectivity index (χ1v) is 8.33. The van der Waals surface area contributed by atoms with Crippen LogP contribution in [-0.4, -0.2) is 52.0 Å². The van der Waals surface area contributed by atoms with Gasteiger partial charge in [-0.1, -0.05) is 24.3 Å². The van der Waals surface area contributed by atoms with E-state index < -0.39 is 22.7 Å². The SMILES string of the molecule is CN(C)c1cccc2c(S(=O)(=O)NCC(O)CO)cccc12. The fourth-order valence-corrected chi connectivity index (χ4v) is 3.53. The van der Waals surface area contributed by atoms with E-state index in [0.717, 1.165) is 11.1 Å². The molecule has 0 radical (unpaired) electrons. The van der Waals surface area contributed by atoms with Gasteiger partial charge in [-0.05, 0) is 12.1 Å². The highest BCUT2D eigenvalue weighted by Crippen LogP contribution is 2.29. The van der Waals surface area contributed by atoms with Crippen LogP contribution in [0.4, 0.5) is 5.69 Å². The van der Waals surface area contributed by atoms with Crippen LogP contribution in [0.25, 0.3) is 10.8 Å². The van der Waals surface area contributed by atoms with Gasteiger partial charge in [0.15, 0.2) is 0 Å². The highest BCUT2D eigenvalue weighted by Gasteiger charge is 2.19. The van der Waals surface area contributed by atoms with Crippen LogP contribution in [0, 0.1) is 0 Å². The van der Waals surface area contributed by atoms with Gasteiger partial charge >= 0.3 is 0 Å². The number of aliphatic hydroxyl groups excluding tert-OH is 2. The quantitative estimate of drug-likeness (QED) is 0.721. The van der Waals surface area contributed by atoms with E-state index in [1.165, 1.54) is 6.07 Å². The Kier molecular flexibility index (Phi) is 5.02. The maximum Gasteiger partial charge on any atom is 0.241 e. The van der Waals surface area contributed by atoms with Crippen LogP contribution in [0.3, 0.4) is 0 Å². The minimum Gasteiger partial charge on any atom is -0.394 e. The lowest BCUT2D eigenvalue weighted by Gasteiger charge is -2.17. The number of benzene rings is 2. The molecule has 0 aliphatic carbocycles. The lowest BCUT2D eigenvalue weighted by atomic mass is 10.1. The summed E-state index contributed by atoms with van der Waals surface area (Å²) < 4.78 is 27.2. The van der Waals surface area contributed by atoms with Crippen molar-refractivity contribution in [2.45, 2.75) is 11.0 Å². The van der Waals surface area contributed by atoms with Gasteiger partial charge in [-0.2, -0.15) is 0 Å². The van der Waals surface area contributed by atoms with Crippen molar-refractivity contribution in [3.63, 3.8) is 0 Å². The molecule has 1 atom stereocenters. The highest BCUT2D eigenvalue weighted by atomic mass is 32.2. The van der Waals surface area contributed by atoms with Crippen LogP contribution < -0.4 is 9.62 Å². The summed E-state index contributed by atoms with van der Waals surface area (Å²) in [6.45, 7) is -0.731. The first-order chi connectivity index (χ1) is 10.4. The number of nitrogens with one attached hydrogen (secondary N) is 1. The number of fused-ring (bicyclic) bond motifs is 1. The van der Waals surface area contributed by atoms with E-state index >= 15 is 0 Å². The molecule has 0 aliphatic heterocycles. The van der Waals surface area contributed by atoms with Crippen molar-refractivity contribution in [3.05, 3.63) is 36.4 Å². The molecule has 0 bridgehead atoms. The second-order valence-electron chi connectivity index (χ2n) is 5.21. The van der Waals surface area contributed by atoms with Crippen LogP contribution in [-0.2, 0) is 10.0 Å². The summed E-state index contributed by atoms with van der Waals surface area (Å²) in [6, 6.07) is 10.5. The van der Waals surface area contributed by atoms with Crippen molar-refractivity contribution >= 4 is 26.5 Å². The normalized spacial score (nSPS) is 13.3. The number of anilines is 1. The molecule has 3 N–H and O–H groups in total. The van der Waals surface area contributed by atoms with Crippen molar-refractivity contribution < 1.29 is 18.6 Å². The molecule has 0 aromatic heterocycles. The van der Waals surface area contributed by atoms with Crippen molar-refractivity contribution in [1.82, 2.24) is 4.72 Å². The van der Waals surface area contributed by atoms with Gasteiger partial charge < -0.3 is 15.1 Å². The molecular formula is C15H20N2O4S. The summed E-state index contributed by atoms with van der Waals surface area (Å²) in [4.78, 5) is 2.07. The number of hydrogen-bond donors (Lipinski definition) is 3. The lowest BCUT2D eigenvalue weighted by Crippen LogP contribution is -2.34. The molecule has 0 saturated carbocycles. The van der Waals surface area contributed by atoms with E-state index in [0.29, 0.717) is 5.39 Å². The molecule has 0 aliphatic rings. The molecule has 0 heterocycles. The lowest BCUT2D eigenvalue weighted by molar-refractivity contribution is 0.0988. The van der Waals surface area contributed by atoms with E-state index in [2.05, 4.69) is 4.72 Å². The van der Waals surface area contributed by atoms with Crippen molar-refractivity contribution in [3.8, 4) is 0 Å². The molecule has 2 rings (SSSR count). The average molecular weight is 324 g/mol. The largest absolute Gasteiger partial charge is 0.394 e. The molecular weight excluding hydrogens is 304 g/mol. The maximum absolute atomic E-state index is 12.4. The fourth-order valence-electron chi connectivity index (χ4n) is 2.24. The summed E-state index contributed by atoms with van der Waals surface area (Å²) >= 11 is 0. The summed E-state index contributed by atoms with van der Waals surface area (Å²) in [6.07, 6.45) is -1.12. The zero-order chi connectivity index (χ0) is 16.3. The van der Waals surface area contributed by atoms with Crippen molar-refractivity contribution in [2.75, 3.05) is 32.1 Å². The molecule has 6 nitrogen and oxygen atoms in total. The van der Waals surface area contributed by atoms with Crippen molar-refractivity contribution in [2.24, 2.45) is 0 Å². The third kappa shape index (κ3) is 3.38. The Hall–Kier alpha value is -1.67. The molecule has 2 aromatic carbocycles. The third-order valence-electron chi connectivity index (χ3n) is 3.35. The molecule has 0 saturated heterocycles. The Bertz CT molecular complexity index is 759. The van der Waals surface area contributed by atoms with E-state index in [4.69, 9.17) is 5.11 Å². The predicted octanol–water partition coefficient (Wildman–Crippen LogP) is 0.537. The summed E-state index contributed by atoms with van der Waals surface area (Å²) in [5.41, 5.74) is 0.921. The molecule has 0 amide bonds. The van der Waals surface area contributed by atoms with Crippen molar-refractivity contribution in [1.29, 1.82) is 0 Å². The zero-order valence-corrected chi connectivity index (χ0v) is 13.3. The third-order valence-corrected chi connectivity index (χ3v) is 4.83. The number of nitrogens with zero attached hydrogens (tertiary/aromatic N) is 1. The van der Waals surface area contributed by atoms with E-state index in [1.807, 2.05) is 31.1 Å². The molecule has 7 heteroatoms. The van der Waals surface area contributed by atoms with Crippen LogP contribution in [0.5, 0.6) is 0 Å². The molecule has 120 valence electrons. The second-order valence-corrected chi connectivity index (χ2v) is 6.95. The summed E-state index contributed by atoms with van der Waals surface area (Å²) in [5.74, 6) is 0. The van der Waals surface area contributed by atoms with Crippen LogP contribution >= 0.6 is 0 Å². The molecule has 2 aromatic rings. The van der Waals surface area contributed by atoms with Crippen LogP contribution in [0.2, 0.25) is 0 Å². The zero-order valence-electron chi connectivity index (χ0n) is 12.5. The van der Waals surface area contributed by atoms with Gasteiger partial charge in [0, 0.05) is 37.1 Å². The van der Waals surface area contributed by atoms with Gasteiger partial charge in [-0.15, -0.1) is 0 Å². The monoisotopic (exact) mass is 324 g/mol. The Labute approximate surface area is 130 Å². The van der Waals surface area contributed by atoms with E-state index in [1.54, 1.807) is 18.2 Å². The standard InChI is InChI=1S/C15H20N2O4S/c1-17(2)14-7-3-6-13-12(14)5-4-8-15(13)22(20,21)16-9-11(19)10-18/h3-8,11,16,18-19H,9-10H2,1-2H3. The van der Waals surface area contributed by atoms with Crippen LogP contribution in [0.15, 0.2) is 41.3 Å². The van der Waals surface area contributed by atoms with Gasteiger partial charge in [-0.3, -0.25) is 0 Å². The molecule has 0 fully saturated rings. The number of sulfonamides is 1. The Morgan fingerprint density at radius 3 is 2.41 bits per heavy atom. The maximum atomic E-state index is 12.4. The Morgan fingerprint density at radius 1 is 1.14 bits per heavy atom. The minimum atomic E-state index is -3.77. The summed E-state index contributed by atoms with van der Waals surface area (Å²) in [7, 11) is 0.0152. The first kappa shape index (κ1) is 16.7. The van der Waals surface area contributed by atoms with E-state index in [-0.39, 0.29) is 11.4 Å². The van der Waals surface area contributed by atoms with E-state index in [9.17, 15) is 13.5 Å². The van der Waals surface area contributed by atoms with Gasteiger partial charge in [0.2, 0.25) is 10.0 Å². The van der Waals surface area contributed by atoms with Gasteiger partial charge in [0.25, 0.3) is 0 Å². The van der Waals surface area contributed by atoms with Gasteiger partial charge in [0.05, 0.1) is 17.6 Å². The number of aliphatic hydroxyl groups is 2. The van der Waals surface area contributed by atoms with Gasteiger partial charge in [0.1, 0.15) is 0 Å². The average Bonchev–Trinajstić information content (AvgIpc) is 2.51.